The second kappa shape index (κ2) is 5.76. The number of nitrogens with zero attached hydrogens (tertiary/aromatic N) is 2. The van der Waals surface area contributed by atoms with Crippen LogP contribution < -0.4 is 5.32 Å². The summed E-state index contributed by atoms with van der Waals surface area (Å²) in [6, 6.07) is 4.09. The zero-order valence-electron chi connectivity index (χ0n) is 13.0. The fourth-order valence-corrected chi connectivity index (χ4v) is 4.14. The summed E-state index contributed by atoms with van der Waals surface area (Å²) < 4.78 is 0. The van der Waals surface area contributed by atoms with Crippen molar-refractivity contribution in [3.05, 3.63) is 28.8 Å². The molecule has 1 aromatic rings. The van der Waals surface area contributed by atoms with Gasteiger partial charge < -0.3 is 5.32 Å². The number of rotatable bonds is 3. The Bertz CT molecular complexity index is 661. The molecule has 0 spiro atoms. The summed E-state index contributed by atoms with van der Waals surface area (Å²) in [7, 11) is 0. The van der Waals surface area contributed by atoms with Crippen LogP contribution in [-0.2, 0) is 9.59 Å². The molecular weight excluding hydrogens is 298 g/mol. The van der Waals surface area contributed by atoms with Crippen molar-refractivity contribution in [3.8, 4) is 0 Å². The van der Waals surface area contributed by atoms with Gasteiger partial charge in [0.25, 0.3) is 0 Å². The predicted octanol–water partition coefficient (Wildman–Crippen LogP) is 2.25. The third-order valence-electron chi connectivity index (χ3n) is 3.90. The summed E-state index contributed by atoms with van der Waals surface area (Å²) in [5, 5.41) is 3.38. The van der Waals surface area contributed by atoms with E-state index in [0.29, 0.717) is 13.1 Å². The minimum Gasteiger partial charge on any atom is -0.326 e. The van der Waals surface area contributed by atoms with Gasteiger partial charge in [0.15, 0.2) is 5.17 Å². The number of carbonyl (C=O) groups excluding carboxylic acids is 2. The van der Waals surface area contributed by atoms with E-state index < -0.39 is 0 Å². The van der Waals surface area contributed by atoms with Gasteiger partial charge in [-0.3, -0.25) is 19.5 Å². The van der Waals surface area contributed by atoms with Crippen molar-refractivity contribution >= 4 is 34.4 Å². The largest absolute Gasteiger partial charge is 0.326 e. The number of carbonyl (C=O) groups is 2. The van der Waals surface area contributed by atoms with Crippen molar-refractivity contribution in [2.75, 3.05) is 18.4 Å². The number of hydrogen-bond acceptors (Lipinski definition) is 4. The molecule has 6 heteroatoms. The van der Waals surface area contributed by atoms with E-state index in [2.05, 4.69) is 10.3 Å². The fraction of sp³-hybridized carbons (Fsp3) is 0.438. The van der Waals surface area contributed by atoms with Crippen molar-refractivity contribution in [2.24, 2.45) is 4.99 Å². The van der Waals surface area contributed by atoms with Crippen LogP contribution in [0.25, 0.3) is 0 Å². The molecule has 5 nitrogen and oxygen atoms in total. The number of hydrogen-bond donors (Lipinski definition) is 1. The van der Waals surface area contributed by atoms with E-state index in [9.17, 15) is 9.59 Å². The first-order valence-corrected chi connectivity index (χ1v) is 8.24. The molecule has 2 heterocycles. The minimum atomic E-state index is -0.342. The highest BCUT2D eigenvalue weighted by Gasteiger charge is 2.40. The number of amides is 2. The third kappa shape index (κ3) is 2.75. The van der Waals surface area contributed by atoms with Gasteiger partial charge in [0.2, 0.25) is 11.8 Å². The van der Waals surface area contributed by atoms with Crippen LogP contribution in [0.4, 0.5) is 5.69 Å². The van der Waals surface area contributed by atoms with Gasteiger partial charge in [-0.15, -0.1) is 0 Å². The normalized spacial score (nSPS) is 20.1. The molecule has 0 radical (unpaired) electrons. The van der Waals surface area contributed by atoms with Crippen molar-refractivity contribution in [3.63, 3.8) is 0 Å². The predicted molar refractivity (Wildman–Crippen MR) is 89.3 cm³/mol. The number of nitrogens with one attached hydrogen (secondary N) is 1. The molecule has 2 aliphatic rings. The highest BCUT2D eigenvalue weighted by Crippen LogP contribution is 2.32. The van der Waals surface area contributed by atoms with Crippen LogP contribution in [0.3, 0.4) is 0 Å². The van der Waals surface area contributed by atoms with E-state index >= 15 is 0 Å². The summed E-state index contributed by atoms with van der Waals surface area (Å²) in [5.41, 5.74) is 4.11. The summed E-state index contributed by atoms with van der Waals surface area (Å²) in [4.78, 5) is 30.5. The van der Waals surface area contributed by atoms with Crippen LogP contribution in [0, 0.1) is 20.8 Å². The molecule has 2 amide bonds. The SMILES string of the molecule is Cc1cc(C)c(NC(=O)C[C@@H]2SC3=NCCN3C2=O)c(C)c1. The van der Waals surface area contributed by atoms with E-state index in [0.717, 1.165) is 22.0 Å². The van der Waals surface area contributed by atoms with Crippen LogP contribution >= 0.6 is 11.8 Å². The Morgan fingerprint density at radius 1 is 1.36 bits per heavy atom. The molecule has 0 unspecified atom stereocenters. The average molecular weight is 317 g/mol. The smallest absolute Gasteiger partial charge is 0.242 e. The molecule has 22 heavy (non-hydrogen) atoms. The Hall–Kier alpha value is -1.82. The maximum absolute atomic E-state index is 12.3. The summed E-state index contributed by atoms with van der Waals surface area (Å²) in [5.74, 6) is -0.114. The molecular formula is C16H19N3O2S. The molecule has 0 saturated carbocycles. The number of fused-ring (bicyclic) bond motifs is 1. The van der Waals surface area contributed by atoms with Gasteiger partial charge in [0.1, 0.15) is 5.25 Å². The number of amidine groups is 1. The van der Waals surface area contributed by atoms with Crippen LogP contribution in [0.5, 0.6) is 0 Å². The lowest BCUT2D eigenvalue weighted by Gasteiger charge is -2.14. The molecule has 1 saturated heterocycles. The molecule has 1 atom stereocenters. The molecule has 0 aromatic heterocycles. The molecule has 0 aliphatic carbocycles. The lowest BCUT2D eigenvalue weighted by atomic mass is 10.0. The van der Waals surface area contributed by atoms with Gasteiger partial charge in [0.05, 0.1) is 6.54 Å². The zero-order chi connectivity index (χ0) is 15.9. The highest BCUT2D eigenvalue weighted by molar-refractivity contribution is 8.15. The van der Waals surface area contributed by atoms with E-state index in [1.165, 1.54) is 17.3 Å². The van der Waals surface area contributed by atoms with E-state index in [1.807, 2.05) is 32.9 Å². The number of aryl methyl sites for hydroxylation is 3. The molecule has 2 aliphatic heterocycles. The van der Waals surface area contributed by atoms with Gasteiger partial charge >= 0.3 is 0 Å². The Balaban J connectivity index is 1.68. The lowest BCUT2D eigenvalue weighted by molar-refractivity contribution is -0.127. The maximum atomic E-state index is 12.3. The lowest BCUT2D eigenvalue weighted by Crippen LogP contribution is -2.32. The third-order valence-corrected chi connectivity index (χ3v) is 5.12. The van der Waals surface area contributed by atoms with Crippen LogP contribution in [0.15, 0.2) is 17.1 Å². The molecule has 0 bridgehead atoms. The van der Waals surface area contributed by atoms with Gasteiger partial charge in [-0.25, -0.2) is 0 Å². The quantitative estimate of drug-likeness (QED) is 0.930. The van der Waals surface area contributed by atoms with E-state index in [-0.39, 0.29) is 23.5 Å². The molecule has 3 rings (SSSR count). The van der Waals surface area contributed by atoms with Crippen LogP contribution in [-0.4, -0.2) is 40.2 Å². The molecule has 1 aromatic carbocycles. The Morgan fingerprint density at radius 3 is 2.68 bits per heavy atom. The fourth-order valence-electron chi connectivity index (χ4n) is 2.95. The van der Waals surface area contributed by atoms with Gasteiger partial charge in [-0.05, 0) is 31.9 Å². The number of benzene rings is 1. The second-order valence-electron chi connectivity index (χ2n) is 5.79. The number of thioether (sulfide) groups is 1. The Labute approximate surface area is 134 Å². The van der Waals surface area contributed by atoms with E-state index in [4.69, 9.17) is 0 Å². The number of aliphatic imine (C=N–C) groups is 1. The maximum Gasteiger partial charge on any atom is 0.242 e. The first-order chi connectivity index (χ1) is 10.5. The topological polar surface area (TPSA) is 61.8 Å². The Morgan fingerprint density at radius 2 is 2.05 bits per heavy atom. The average Bonchev–Trinajstić information content (AvgIpc) is 2.99. The van der Waals surface area contributed by atoms with Crippen molar-refractivity contribution in [1.82, 2.24) is 4.90 Å². The number of anilines is 1. The first-order valence-electron chi connectivity index (χ1n) is 7.36. The summed E-state index contributed by atoms with van der Waals surface area (Å²) >= 11 is 1.40. The molecule has 1 fully saturated rings. The molecule has 116 valence electrons. The molecule has 1 N–H and O–H groups in total. The van der Waals surface area contributed by atoms with Gasteiger partial charge in [-0.1, -0.05) is 29.5 Å². The zero-order valence-corrected chi connectivity index (χ0v) is 13.8. The summed E-state index contributed by atoms with van der Waals surface area (Å²) in [6.07, 6.45) is 0.186. The van der Waals surface area contributed by atoms with Crippen LogP contribution in [0.2, 0.25) is 0 Å². The summed E-state index contributed by atoms with van der Waals surface area (Å²) in [6.45, 7) is 7.32. The Kier molecular flexibility index (Phi) is 3.95. The second-order valence-corrected chi connectivity index (χ2v) is 6.96. The highest BCUT2D eigenvalue weighted by atomic mass is 32.2. The van der Waals surface area contributed by atoms with E-state index in [1.54, 1.807) is 4.90 Å². The van der Waals surface area contributed by atoms with Gasteiger partial charge in [-0.2, -0.15) is 0 Å². The van der Waals surface area contributed by atoms with Crippen molar-refractivity contribution in [1.29, 1.82) is 0 Å². The van der Waals surface area contributed by atoms with Crippen molar-refractivity contribution in [2.45, 2.75) is 32.4 Å². The minimum absolute atomic E-state index is 0.00810. The monoisotopic (exact) mass is 317 g/mol. The first kappa shape index (κ1) is 15.1. The standard InChI is InChI=1S/C16H19N3O2S/c1-9-6-10(2)14(11(3)7-9)18-13(20)8-12-15(21)19-5-4-17-16(19)22-12/h6-7,12H,4-5,8H2,1-3H3,(H,18,20)/t12-/m0/s1. The van der Waals surface area contributed by atoms with Crippen molar-refractivity contribution < 1.29 is 9.59 Å². The van der Waals surface area contributed by atoms with Gasteiger partial charge in [0, 0.05) is 18.7 Å². The van der Waals surface area contributed by atoms with Crippen LogP contribution in [0.1, 0.15) is 23.1 Å².